The molecule has 9 nitrogen and oxygen atoms in total. The minimum Gasteiger partial charge on any atom is -0.481 e. The molecule has 2 aliphatic rings. The first kappa shape index (κ1) is 26.7. The van der Waals surface area contributed by atoms with Gasteiger partial charge < -0.3 is 24.6 Å². The summed E-state index contributed by atoms with van der Waals surface area (Å²) in [6.07, 6.45) is -0.810. The number of nitrogens with zero attached hydrogens (tertiary/aromatic N) is 3. The maximum atomic E-state index is 13.3. The summed E-state index contributed by atoms with van der Waals surface area (Å²) in [7, 11) is -3.72. The van der Waals surface area contributed by atoms with E-state index >= 15 is 0 Å². The van der Waals surface area contributed by atoms with Crippen LogP contribution in [0, 0.1) is 0 Å². The number of nitrogens with one attached hydrogen (secondary N) is 1. The Morgan fingerprint density at radius 1 is 1.06 bits per heavy atom. The van der Waals surface area contributed by atoms with Crippen LogP contribution in [-0.4, -0.2) is 88.7 Å². The summed E-state index contributed by atoms with van der Waals surface area (Å²) >= 11 is 5.93. The van der Waals surface area contributed by atoms with Crippen LogP contribution in [-0.2, 0) is 19.6 Å². The Labute approximate surface area is 218 Å². The molecule has 1 amide bonds. The van der Waals surface area contributed by atoms with Crippen molar-refractivity contribution in [3.8, 4) is 5.75 Å². The summed E-state index contributed by atoms with van der Waals surface area (Å²) in [5, 5.41) is 3.50. The summed E-state index contributed by atoms with van der Waals surface area (Å²) in [6.45, 7) is 9.45. The van der Waals surface area contributed by atoms with Crippen LogP contribution in [0.2, 0.25) is 5.02 Å². The van der Waals surface area contributed by atoms with E-state index in [2.05, 4.69) is 22.0 Å². The van der Waals surface area contributed by atoms with Crippen molar-refractivity contribution in [1.82, 2.24) is 9.21 Å². The predicted octanol–water partition coefficient (Wildman–Crippen LogP) is 2.91. The molecule has 11 heteroatoms. The number of likely N-dealkylation sites (N-methyl/N-ethyl adjacent to an activating group) is 1. The van der Waals surface area contributed by atoms with Crippen molar-refractivity contribution in [2.45, 2.75) is 24.8 Å². The lowest BCUT2D eigenvalue weighted by Crippen LogP contribution is -2.46. The molecule has 0 radical (unpaired) electrons. The van der Waals surface area contributed by atoms with Crippen LogP contribution in [0.15, 0.2) is 47.4 Å². The van der Waals surface area contributed by atoms with Crippen LogP contribution < -0.4 is 15.0 Å². The predicted molar refractivity (Wildman–Crippen MR) is 141 cm³/mol. The maximum Gasteiger partial charge on any atom is 0.265 e. The van der Waals surface area contributed by atoms with Gasteiger partial charge in [-0.1, -0.05) is 18.5 Å². The van der Waals surface area contributed by atoms with Gasteiger partial charge >= 0.3 is 0 Å². The van der Waals surface area contributed by atoms with Gasteiger partial charge in [-0.2, -0.15) is 4.31 Å². The number of piperazine rings is 1. The molecule has 1 atom stereocenters. The van der Waals surface area contributed by atoms with Crippen LogP contribution in [0.25, 0.3) is 0 Å². The van der Waals surface area contributed by atoms with Gasteiger partial charge in [0.05, 0.1) is 29.5 Å². The molecule has 2 heterocycles. The molecule has 0 spiro atoms. The van der Waals surface area contributed by atoms with Crippen molar-refractivity contribution in [2.75, 3.05) is 69.2 Å². The first-order valence-corrected chi connectivity index (χ1v) is 14.0. The van der Waals surface area contributed by atoms with E-state index in [1.165, 1.54) is 4.31 Å². The number of rotatable bonds is 8. The fourth-order valence-corrected chi connectivity index (χ4v) is 5.86. The van der Waals surface area contributed by atoms with E-state index in [0.29, 0.717) is 42.8 Å². The number of amides is 1. The van der Waals surface area contributed by atoms with Gasteiger partial charge in [0.1, 0.15) is 5.75 Å². The van der Waals surface area contributed by atoms with E-state index in [9.17, 15) is 13.2 Å². The number of halogens is 1. The Morgan fingerprint density at radius 2 is 1.72 bits per heavy atom. The summed E-state index contributed by atoms with van der Waals surface area (Å²) in [5.41, 5.74) is 1.24. The molecular weight excluding hydrogens is 504 g/mol. The highest BCUT2D eigenvalue weighted by Gasteiger charge is 2.29. The summed E-state index contributed by atoms with van der Waals surface area (Å²) in [4.78, 5) is 17.8. The molecule has 0 saturated carbocycles. The van der Waals surface area contributed by atoms with Crippen molar-refractivity contribution in [3.63, 3.8) is 0 Å². The second-order valence-electron chi connectivity index (χ2n) is 8.82. The van der Waals surface area contributed by atoms with E-state index in [0.717, 1.165) is 38.4 Å². The quantitative estimate of drug-likeness (QED) is 0.554. The lowest BCUT2D eigenvalue weighted by atomic mass is 10.2. The minimum absolute atomic E-state index is 0.141. The molecule has 36 heavy (non-hydrogen) atoms. The number of benzene rings is 2. The number of hydrogen-bond acceptors (Lipinski definition) is 7. The lowest BCUT2D eigenvalue weighted by Gasteiger charge is -2.36. The van der Waals surface area contributed by atoms with Crippen LogP contribution in [0.1, 0.15) is 13.8 Å². The standard InChI is InChI=1S/C25H33ClN4O5S/c1-3-28-10-12-29(13-11-28)24-9-8-22(36(32,33)30-14-16-34-17-15-30)18-23(24)27-25(31)19(2)35-21-6-4-20(26)5-7-21/h4-9,18-19H,3,10-17H2,1-2H3,(H,27,31)/t19-/m0/s1. The fourth-order valence-electron chi connectivity index (χ4n) is 4.30. The first-order valence-electron chi connectivity index (χ1n) is 12.2. The van der Waals surface area contributed by atoms with Crippen LogP contribution in [0.4, 0.5) is 11.4 Å². The number of sulfonamides is 1. The molecule has 2 aliphatic heterocycles. The molecule has 2 aromatic rings. The van der Waals surface area contributed by atoms with Crippen molar-refractivity contribution in [2.24, 2.45) is 0 Å². The number of carbonyl (C=O) groups is 1. The topological polar surface area (TPSA) is 91.4 Å². The van der Waals surface area contributed by atoms with Crippen LogP contribution in [0.3, 0.4) is 0 Å². The Kier molecular flexibility index (Phi) is 8.74. The number of anilines is 2. The average molecular weight is 537 g/mol. The van der Waals surface area contributed by atoms with E-state index in [-0.39, 0.29) is 10.8 Å². The number of hydrogen-bond donors (Lipinski definition) is 1. The number of morpholine rings is 1. The highest BCUT2D eigenvalue weighted by Crippen LogP contribution is 2.31. The van der Waals surface area contributed by atoms with Crippen molar-refractivity contribution >= 4 is 38.9 Å². The van der Waals surface area contributed by atoms with Crippen LogP contribution in [0.5, 0.6) is 5.75 Å². The monoisotopic (exact) mass is 536 g/mol. The van der Waals surface area contributed by atoms with Gasteiger partial charge in [0.2, 0.25) is 10.0 Å². The fraction of sp³-hybridized carbons (Fsp3) is 0.480. The van der Waals surface area contributed by atoms with Gasteiger partial charge in [0, 0.05) is 44.3 Å². The van der Waals surface area contributed by atoms with E-state index in [1.54, 1.807) is 49.4 Å². The third kappa shape index (κ3) is 6.30. The number of carbonyl (C=O) groups excluding carboxylic acids is 1. The second kappa shape index (κ2) is 11.8. The molecule has 0 unspecified atom stereocenters. The molecule has 2 aromatic carbocycles. The molecule has 0 aromatic heterocycles. The highest BCUT2D eigenvalue weighted by atomic mass is 35.5. The minimum atomic E-state index is -3.72. The van der Waals surface area contributed by atoms with Gasteiger partial charge in [-0.3, -0.25) is 4.79 Å². The van der Waals surface area contributed by atoms with E-state index in [4.69, 9.17) is 21.1 Å². The molecule has 2 fully saturated rings. The Morgan fingerprint density at radius 3 is 2.36 bits per heavy atom. The molecule has 0 bridgehead atoms. The molecule has 2 saturated heterocycles. The molecule has 196 valence electrons. The third-order valence-corrected chi connectivity index (χ3v) is 8.64. The first-order chi connectivity index (χ1) is 17.3. The van der Waals surface area contributed by atoms with Crippen LogP contribution >= 0.6 is 11.6 Å². The van der Waals surface area contributed by atoms with Gasteiger partial charge in [0.25, 0.3) is 5.91 Å². The zero-order valence-corrected chi connectivity index (χ0v) is 22.2. The van der Waals surface area contributed by atoms with E-state index < -0.39 is 16.1 Å². The highest BCUT2D eigenvalue weighted by molar-refractivity contribution is 7.89. The zero-order valence-electron chi connectivity index (χ0n) is 20.7. The second-order valence-corrected chi connectivity index (χ2v) is 11.2. The van der Waals surface area contributed by atoms with Gasteiger partial charge in [-0.15, -0.1) is 0 Å². The SMILES string of the molecule is CCN1CCN(c2ccc(S(=O)(=O)N3CCOCC3)cc2NC(=O)[C@H](C)Oc2ccc(Cl)cc2)CC1. The summed E-state index contributed by atoms with van der Waals surface area (Å²) in [5.74, 6) is 0.140. The summed E-state index contributed by atoms with van der Waals surface area (Å²) in [6, 6.07) is 11.7. The maximum absolute atomic E-state index is 13.3. The smallest absolute Gasteiger partial charge is 0.265 e. The van der Waals surface area contributed by atoms with Crippen molar-refractivity contribution in [1.29, 1.82) is 0 Å². The molecule has 4 rings (SSSR count). The van der Waals surface area contributed by atoms with Crippen molar-refractivity contribution < 1.29 is 22.7 Å². The third-order valence-electron chi connectivity index (χ3n) is 6.49. The van der Waals surface area contributed by atoms with Gasteiger partial charge in [-0.25, -0.2) is 8.42 Å². The Balaban J connectivity index is 1.58. The molecule has 0 aliphatic carbocycles. The van der Waals surface area contributed by atoms with Crippen molar-refractivity contribution in [3.05, 3.63) is 47.5 Å². The number of ether oxygens (including phenoxy) is 2. The molecule has 1 N–H and O–H groups in total. The van der Waals surface area contributed by atoms with Gasteiger partial charge in [-0.05, 0) is 55.9 Å². The zero-order chi connectivity index (χ0) is 25.7. The average Bonchev–Trinajstić information content (AvgIpc) is 2.90. The normalized spacial score (nSPS) is 18.6. The Bertz CT molecular complexity index is 1150. The summed E-state index contributed by atoms with van der Waals surface area (Å²) < 4.78 is 39.1. The largest absolute Gasteiger partial charge is 0.481 e. The lowest BCUT2D eigenvalue weighted by molar-refractivity contribution is -0.122. The Hall–Kier alpha value is -2.37. The van der Waals surface area contributed by atoms with Gasteiger partial charge in [0.15, 0.2) is 6.10 Å². The molecular formula is C25H33ClN4O5S. The van der Waals surface area contributed by atoms with E-state index in [1.807, 2.05) is 0 Å².